The maximum atomic E-state index is 5.96. The Hall–Kier alpha value is -0.570. The molecule has 0 bridgehead atoms. The van der Waals surface area contributed by atoms with E-state index < -0.39 is 0 Å². The monoisotopic (exact) mass is 268 g/mol. The Bertz CT molecular complexity index is 342. The van der Waals surface area contributed by atoms with Crippen LogP contribution in [0.3, 0.4) is 0 Å². The first kappa shape index (κ1) is 15.5. The maximum Gasteiger partial charge on any atom is 0.0409 e. The first-order valence-electron chi connectivity index (χ1n) is 6.71. The zero-order valence-electron chi connectivity index (χ0n) is 11.9. The number of nitrogens with one attached hydrogen (secondary N) is 1. The van der Waals surface area contributed by atoms with Gasteiger partial charge in [0.15, 0.2) is 0 Å². The highest BCUT2D eigenvalue weighted by Crippen LogP contribution is 2.10. The van der Waals surface area contributed by atoms with E-state index in [1.165, 1.54) is 5.56 Å². The third kappa shape index (κ3) is 5.38. The molecule has 0 fully saturated rings. The van der Waals surface area contributed by atoms with E-state index in [-0.39, 0.29) is 0 Å². The Kier molecular flexibility index (Phi) is 6.69. The largest absolute Gasteiger partial charge is 0.311 e. The summed E-state index contributed by atoms with van der Waals surface area (Å²) in [6.07, 6.45) is 0. The molecule has 0 atom stereocenters. The number of rotatable bonds is 7. The highest BCUT2D eigenvalue weighted by molar-refractivity contribution is 6.30. The van der Waals surface area contributed by atoms with Crippen LogP contribution in [0.2, 0.25) is 5.02 Å². The predicted octanol–water partition coefficient (Wildman–Crippen LogP) is 3.55. The molecule has 18 heavy (non-hydrogen) atoms. The molecule has 1 aromatic carbocycles. The molecule has 0 aliphatic carbocycles. The summed E-state index contributed by atoms with van der Waals surface area (Å²) in [7, 11) is 0. The Morgan fingerprint density at radius 1 is 1.17 bits per heavy atom. The fourth-order valence-electron chi connectivity index (χ4n) is 2.20. The second-order valence-corrected chi connectivity index (χ2v) is 5.67. The van der Waals surface area contributed by atoms with Gasteiger partial charge in [-0.15, -0.1) is 0 Å². The van der Waals surface area contributed by atoms with Crippen LogP contribution in [-0.4, -0.2) is 30.1 Å². The van der Waals surface area contributed by atoms with Crippen LogP contribution in [0.25, 0.3) is 0 Å². The van der Waals surface area contributed by atoms with Crippen molar-refractivity contribution in [2.24, 2.45) is 0 Å². The lowest BCUT2D eigenvalue weighted by molar-refractivity contribution is 0.176. The van der Waals surface area contributed by atoms with Crippen molar-refractivity contribution in [2.45, 2.75) is 46.3 Å². The summed E-state index contributed by atoms with van der Waals surface area (Å²) in [4.78, 5) is 2.49. The topological polar surface area (TPSA) is 15.3 Å². The fourth-order valence-corrected chi connectivity index (χ4v) is 2.41. The van der Waals surface area contributed by atoms with Gasteiger partial charge in [-0.05, 0) is 45.4 Å². The second kappa shape index (κ2) is 7.78. The van der Waals surface area contributed by atoms with E-state index in [9.17, 15) is 0 Å². The van der Waals surface area contributed by atoms with E-state index in [2.05, 4.69) is 44.0 Å². The minimum absolute atomic E-state index is 0.595. The van der Waals surface area contributed by atoms with Gasteiger partial charge in [0, 0.05) is 36.7 Å². The van der Waals surface area contributed by atoms with Crippen LogP contribution in [0.1, 0.15) is 33.3 Å². The molecule has 0 saturated heterocycles. The first-order chi connectivity index (χ1) is 8.50. The minimum Gasteiger partial charge on any atom is -0.311 e. The average molecular weight is 269 g/mol. The number of halogens is 1. The lowest BCUT2D eigenvalue weighted by Crippen LogP contribution is -2.41. The van der Waals surface area contributed by atoms with E-state index in [0.29, 0.717) is 12.1 Å². The summed E-state index contributed by atoms with van der Waals surface area (Å²) in [5.74, 6) is 0. The van der Waals surface area contributed by atoms with E-state index in [1.807, 2.05) is 18.2 Å². The van der Waals surface area contributed by atoms with Crippen molar-refractivity contribution >= 4 is 11.6 Å². The predicted molar refractivity (Wildman–Crippen MR) is 80.1 cm³/mol. The highest BCUT2D eigenvalue weighted by Gasteiger charge is 2.11. The van der Waals surface area contributed by atoms with E-state index in [1.54, 1.807) is 0 Å². The van der Waals surface area contributed by atoms with Gasteiger partial charge in [-0.2, -0.15) is 0 Å². The van der Waals surface area contributed by atoms with Crippen LogP contribution in [0.5, 0.6) is 0 Å². The van der Waals surface area contributed by atoms with Crippen LogP contribution < -0.4 is 5.32 Å². The quantitative estimate of drug-likeness (QED) is 0.761. The van der Waals surface area contributed by atoms with Crippen molar-refractivity contribution < 1.29 is 0 Å². The van der Waals surface area contributed by atoms with Gasteiger partial charge in [-0.25, -0.2) is 0 Å². The summed E-state index contributed by atoms with van der Waals surface area (Å²) in [5, 5.41) is 4.27. The van der Waals surface area contributed by atoms with Gasteiger partial charge in [0.05, 0.1) is 0 Å². The fraction of sp³-hybridized carbons (Fsp3) is 0.600. The molecule has 0 aliphatic heterocycles. The molecule has 1 rings (SSSR count). The first-order valence-corrected chi connectivity index (χ1v) is 7.09. The third-order valence-corrected chi connectivity index (χ3v) is 3.33. The molecule has 2 nitrogen and oxygen atoms in total. The lowest BCUT2D eigenvalue weighted by Gasteiger charge is -2.30. The van der Waals surface area contributed by atoms with Crippen molar-refractivity contribution in [1.29, 1.82) is 0 Å². The smallest absolute Gasteiger partial charge is 0.0409 e. The summed E-state index contributed by atoms with van der Waals surface area (Å²) in [5.41, 5.74) is 1.24. The summed E-state index contributed by atoms with van der Waals surface area (Å²) in [6, 6.07) is 9.20. The molecule has 0 amide bonds. The number of hydrogen-bond donors (Lipinski definition) is 1. The van der Waals surface area contributed by atoms with Gasteiger partial charge in [0.1, 0.15) is 0 Å². The molecular formula is C15H25ClN2. The van der Waals surface area contributed by atoms with E-state index in [4.69, 9.17) is 11.6 Å². The molecule has 0 spiro atoms. The number of benzene rings is 1. The Morgan fingerprint density at radius 3 is 2.39 bits per heavy atom. The molecule has 1 aromatic rings. The molecule has 0 heterocycles. The van der Waals surface area contributed by atoms with Crippen LogP contribution >= 0.6 is 11.6 Å². The van der Waals surface area contributed by atoms with Gasteiger partial charge in [-0.1, -0.05) is 23.7 Å². The zero-order valence-corrected chi connectivity index (χ0v) is 12.7. The Morgan fingerprint density at radius 2 is 1.83 bits per heavy atom. The zero-order chi connectivity index (χ0) is 13.5. The highest BCUT2D eigenvalue weighted by atomic mass is 35.5. The van der Waals surface area contributed by atoms with Gasteiger partial charge in [-0.3, -0.25) is 4.90 Å². The van der Waals surface area contributed by atoms with Crippen LogP contribution in [0.15, 0.2) is 24.3 Å². The molecule has 0 radical (unpaired) electrons. The van der Waals surface area contributed by atoms with Gasteiger partial charge < -0.3 is 5.32 Å². The van der Waals surface area contributed by atoms with Crippen molar-refractivity contribution in [2.75, 3.05) is 13.1 Å². The van der Waals surface area contributed by atoms with Crippen LogP contribution in [0, 0.1) is 0 Å². The summed E-state index contributed by atoms with van der Waals surface area (Å²) >= 11 is 5.96. The Balaban J connectivity index is 2.30. The Labute approximate surface area is 116 Å². The van der Waals surface area contributed by atoms with Gasteiger partial charge in [0.2, 0.25) is 0 Å². The van der Waals surface area contributed by atoms with Crippen molar-refractivity contribution in [3.63, 3.8) is 0 Å². The van der Waals surface area contributed by atoms with E-state index >= 15 is 0 Å². The lowest BCUT2D eigenvalue weighted by atomic mass is 10.2. The van der Waals surface area contributed by atoms with Crippen LogP contribution in [0.4, 0.5) is 0 Å². The SMILES string of the molecule is CC(C)N(CCNCc1cccc(Cl)c1)C(C)C. The maximum absolute atomic E-state index is 5.96. The summed E-state index contributed by atoms with van der Waals surface area (Å²) < 4.78 is 0. The number of hydrogen-bond acceptors (Lipinski definition) is 2. The third-order valence-electron chi connectivity index (χ3n) is 3.09. The summed E-state index contributed by atoms with van der Waals surface area (Å²) in [6.45, 7) is 11.9. The normalized spacial score (nSPS) is 11.8. The molecule has 0 unspecified atom stereocenters. The molecule has 3 heteroatoms. The van der Waals surface area contributed by atoms with E-state index in [0.717, 1.165) is 24.7 Å². The molecule has 1 N–H and O–H groups in total. The van der Waals surface area contributed by atoms with Crippen LogP contribution in [-0.2, 0) is 6.54 Å². The van der Waals surface area contributed by atoms with Crippen molar-refractivity contribution in [3.8, 4) is 0 Å². The molecule has 102 valence electrons. The number of nitrogens with zero attached hydrogens (tertiary/aromatic N) is 1. The second-order valence-electron chi connectivity index (χ2n) is 5.23. The van der Waals surface area contributed by atoms with Crippen molar-refractivity contribution in [1.82, 2.24) is 10.2 Å². The van der Waals surface area contributed by atoms with Gasteiger partial charge >= 0.3 is 0 Å². The minimum atomic E-state index is 0.595. The molecule has 0 saturated carbocycles. The standard InChI is InChI=1S/C15H25ClN2/c1-12(2)18(13(3)4)9-8-17-11-14-6-5-7-15(16)10-14/h5-7,10,12-13,17H,8-9,11H2,1-4H3. The molecule has 0 aromatic heterocycles. The van der Waals surface area contributed by atoms with Crippen molar-refractivity contribution in [3.05, 3.63) is 34.9 Å². The molecule has 0 aliphatic rings. The van der Waals surface area contributed by atoms with Gasteiger partial charge in [0.25, 0.3) is 0 Å². The molecular weight excluding hydrogens is 244 g/mol. The average Bonchev–Trinajstić information content (AvgIpc) is 2.27.